The molecule has 1 aromatic heterocycles. The van der Waals surface area contributed by atoms with Gasteiger partial charge in [-0.3, -0.25) is 4.79 Å². The van der Waals surface area contributed by atoms with Crippen LogP contribution in [0.2, 0.25) is 5.15 Å². The van der Waals surface area contributed by atoms with E-state index in [0.717, 1.165) is 11.1 Å². The van der Waals surface area contributed by atoms with Crippen LogP contribution in [0.1, 0.15) is 18.1 Å². The van der Waals surface area contributed by atoms with Gasteiger partial charge in [0.25, 0.3) is 0 Å². The standard InChI is InChI=1S/C11H12ClNOS/c1-8-6-11(12)13-7-10(8)4-3-5-15-9(2)14/h3-4,6-7H,5H2,1-2H3. The average Bonchev–Trinajstić information content (AvgIpc) is 2.14. The number of carbonyl (C=O) groups excluding carboxylic acids is 1. The zero-order valence-electron chi connectivity index (χ0n) is 8.66. The fourth-order valence-electron chi connectivity index (χ4n) is 1.05. The summed E-state index contributed by atoms with van der Waals surface area (Å²) in [6.45, 7) is 3.54. The maximum absolute atomic E-state index is 10.7. The third kappa shape index (κ3) is 4.49. The van der Waals surface area contributed by atoms with Gasteiger partial charge in [0.1, 0.15) is 5.15 Å². The Labute approximate surface area is 98.7 Å². The van der Waals surface area contributed by atoms with Crippen LogP contribution in [0.25, 0.3) is 6.08 Å². The van der Waals surface area contributed by atoms with Crippen LogP contribution in [0.5, 0.6) is 0 Å². The van der Waals surface area contributed by atoms with E-state index in [9.17, 15) is 4.79 Å². The van der Waals surface area contributed by atoms with Crippen LogP contribution in [-0.2, 0) is 4.79 Å². The molecule has 0 fully saturated rings. The number of aromatic nitrogens is 1. The first-order chi connectivity index (χ1) is 7.09. The first-order valence-electron chi connectivity index (χ1n) is 4.51. The van der Waals surface area contributed by atoms with Crippen LogP contribution < -0.4 is 0 Å². The lowest BCUT2D eigenvalue weighted by Gasteiger charge is -1.99. The Morgan fingerprint density at radius 2 is 2.40 bits per heavy atom. The van der Waals surface area contributed by atoms with Gasteiger partial charge in [0.05, 0.1) is 0 Å². The van der Waals surface area contributed by atoms with Crippen molar-refractivity contribution in [3.05, 3.63) is 34.6 Å². The van der Waals surface area contributed by atoms with E-state index >= 15 is 0 Å². The smallest absolute Gasteiger partial charge is 0.186 e. The number of aryl methyl sites for hydroxylation is 1. The third-order valence-corrected chi connectivity index (χ3v) is 2.77. The molecule has 0 spiro atoms. The maximum Gasteiger partial charge on any atom is 0.186 e. The van der Waals surface area contributed by atoms with E-state index in [1.165, 1.54) is 11.8 Å². The SMILES string of the molecule is CC(=O)SCC=Cc1cnc(Cl)cc1C. The fraction of sp³-hybridized carbons (Fsp3) is 0.273. The molecule has 0 aliphatic heterocycles. The molecular weight excluding hydrogens is 230 g/mol. The molecule has 0 bridgehead atoms. The van der Waals surface area contributed by atoms with Crippen molar-refractivity contribution >= 4 is 34.6 Å². The molecule has 0 amide bonds. The van der Waals surface area contributed by atoms with E-state index < -0.39 is 0 Å². The van der Waals surface area contributed by atoms with Crippen molar-refractivity contribution in [1.29, 1.82) is 0 Å². The van der Waals surface area contributed by atoms with Crippen LogP contribution >= 0.6 is 23.4 Å². The molecule has 1 rings (SSSR count). The summed E-state index contributed by atoms with van der Waals surface area (Å²) in [5, 5.41) is 0.633. The molecule has 80 valence electrons. The highest BCUT2D eigenvalue weighted by atomic mass is 35.5. The third-order valence-electron chi connectivity index (χ3n) is 1.80. The number of hydrogen-bond donors (Lipinski definition) is 0. The highest BCUT2D eigenvalue weighted by Gasteiger charge is 1.96. The largest absolute Gasteiger partial charge is 0.288 e. The topological polar surface area (TPSA) is 30.0 Å². The molecule has 4 heteroatoms. The molecule has 2 nitrogen and oxygen atoms in total. The Morgan fingerprint density at radius 1 is 1.67 bits per heavy atom. The Morgan fingerprint density at radius 3 is 3.00 bits per heavy atom. The Bertz CT molecular complexity index is 390. The first kappa shape index (κ1) is 12.3. The lowest BCUT2D eigenvalue weighted by Crippen LogP contribution is -1.85. The van der Waals surface area contributed by atoms with Crippen molar-refractivity contribution in [2.45, 2.75) is 13.8 Å². The summed E-state index contributed by atoms with van der Waals surface area (Å²) in [6.07, 6.45) is 5.63. The molecule has 0 radical (unpaired) electrons. The van der Waals surface area contributed by atoms with Crippen LogP contribution in [-0.4, -0.2) is 15.9 Å². The molecule has 0 N–H and O–H groups in total. The molecular formula is C11H12ClNOS. The second-order valence-electron chi connectivity index (χ2n) is 3.07. The predicted molar refractivity (Wildman–Crippen MR) is 66.2 cm³/mol. The molecule has 0 saturated heterocycles. The molecule has 0 unspecified atom stereocenters. The Hall–Kier alpha value is -0.800. The van der Waals surface area contributed by atoms with Crippen LogP contribution in [0.15, 0.2) is 18.3 Å². The summed E-state index contributed by atoms with van der Waals surface area (Å²) in [6, 6.07) is 1.82. The van der Waals surface area contributed by atoms with Gasteiger partial charge in [0.2, 0.25) is 0 Å². The lowest BCUT2D eigenvalue weighted by atomic mass is 10.1. The molecule has 0 atom stereocenters. The minimum Gasteiger partial charge on any atom is -0.288 e. The number of pyridine rings is 1. The van der Waals surface area contributed by atoms with Crippen molar-refractivity contribution in [3.8, 4) is 0 Å². The van der Waals surface area contributed by atoms with Gasteiger partial charge in [-0.1, -0.05) is 35.5 Å². The van der Waals surface area contributed by atoms with Gasteiger partial charge in [0, 0.05) is 18.9 Å². The predicted octanol–water partition coefficient (Wildman–Crippen LogP) is 3.34. The number of rotatable bonds is 3. The Kier molecular flexibility index (Phi) is 4.85. The van der Waals surface area contributed by atoms with Crippen LogP contribution in [0.4, 0.5) is 0 Å². The van der Waals surface area contributed by atoms with E-state index in [1.807, 2.05) is 25.1 Å². The highest BCUT2D eigenvalue weighted by molar-refractivity contribution is 8.13. The second kappa shape index (κ2) is 5.93. The molecule has 1 heterocycles. The van der Waals surface area contributed by atoms with Gasteiger partial charge in [-0.25, -0.2) is 4.98 Å². The van der Waals surface area contributed by atoms with Gasteiger partial charge in [-0.2, -0.15) is 0 Å². The number of halogens is 1. The summed E-state index contributed by atoms with van der Waals surface area (Å²) in [4.78, 5) is 14.7. The van der Waals surface area contributed by atoms with Gasteiger partial charge in [-0.15, -0.1) is 0 Å². The minimum atomic E-state index is 0.130. The first-order valence-corrected chi connectivity index (χ1v) is 5.88. The van der Waals surface area contributed by atoms with Crippen LogP contribution in [0, 0.1) is 6.92 Å². The lowest BCUT2D eigenvalue weighted by molar-refractivity contribution is -0.109. The number of nitrogens with zero attached hydrogens (tertiary/aromatic N) is 1. The van der Waals surface area contributed by atoms with E-state index in [4.69, 9.17) is 11.6 Å². The zero-order chi connectivity index (χ0) is 11.3. The minimum absolute atomic E-state index is 0.130. The molecule has 15 heavy (non-hydrogen) atoms. The van der Waals surface area contributed by atoms with E-state index in [-0.39, 0.29) is 5.12 Å². The second-order valence-corrected chi connectivity index (χ2v) is 4.65. The van der Waals surface area contributed by atoms with Crippen LogP contribution in [0.3, 0.4) is 0 Å². The molecule has 0 aliphatic carbocycles. The zero-order valence-corrected chi connectivity index (χ0v) is 10.2. The van der Waals surface area contributed by atoms with Gasteiger partial charge in [0.15, 0.2) is 5.12 Å². The Balaban J connectivity index is 2.60. The van der Waals surface area contributed by atoms with Crippen molar-refractivity contribution in [2.24, 2.45) is 0 Å². The summed E-state index contributed by atoms with van der Waals surface area (Å²) < 4.78 is 0. The molecule has 1 aromatic rings. The fourth-order valence-corrected chi connectivity index (χ4v) is 1.69. The van der Waals surface area contributed by atoms with E-state index in [1.54, 1.807) is 13.1 Å². The van der Waals surface area contributed by atoms with E-state index in [0.29, 0.717) is 10.9 Å². The normalized spacial score (nSPS) is 10.9. The van der Waals surface area contributed by atoms with Crippen molar-refractivity contribution in [1.82, 2.24) is 4.98 Å². The summed E-state index contributed by atoms with van der Waals surface area (Å²) in [5.41, 5.74) is 2.11. The number of hydrogen-bond acceptors (Lipinski definition) is 3. The summed E-state index contributed by atoms with van der Waals surface area (Å²) in [5.74, 6) is 0.692. The average molecular weight is 242 g/mol. The molecule has 0 aliphatic rings. The van der Waals surface area contributed by atoms with E-state index in [2.05, 4.69) is 4.98 Å². The maximum atomic E-state index is 10.7. The quantitative estimate of drug-likeness (QED) is 0.761. The monoisotopic (exact) mass is 241 g/mol. The number of thioether (sulfide) groups is 1. The molecule has 0 saturated carbocycles. The van der Waals surface area contributed by atoms with Gasteiger partial charge < -0.3 is 0 Å². The van der Waals surface area contributed by atoms with Gasteiger partial charge >= 0.3 is 0 Å². The molecule has 0 aromatic carbocycles. The summed E-state index contributed by atoms with van der Waals surface area (Å²) >= 11 is 7.02. The van der Waals surface area contributed by atoms with Crippen molar-refractivity contribution < 1.29 is 4.79 Å². The van der Waals surface area contributed by atoms with Crippen molar-refractivity contribution in [2.75, 3.05) is 5.75 Å². The number of carbonyl (C=O) groups is 1. The van der Waals surface area contributed by atoms with Gasteiger partial charge in [-0.05, 0) is 24.1 Å². The highest BCUT2D eigenvalue weighted by Crippen LogP contribution is 2.13. The van der Waals surface area contributed by atoms with Crippen molar-refractivity contribution in [3.63, 3.8) is 0 Å². The summed E-state index contributed by atoms with van der Waals surface area (Å²) in [7, 11) is 0.